The predicted molar refractivity (Wildman–Crippen MR) is 66.5 cm³/mol. The number of fused-ring (bicyclic) bond motifs is 1. The first-order valence-electron chi connectivity index (χ1n) is 5.40. The molecule has 0 spiro atoms. The molecule has 0 fully saturated rings. The van der Waals surface area contributed by atoms with E-state index in [1.807, 2.05) is 0 Å². The summed E-state index contributed by atoms with van der Waals surface area (Å²) < 4.78 is 9.17. The van der Waals surface area contributed by atoms with Gasteiger partial charge in [-0.3, -0.25) is 0 Å². The fraction of sp³-hybridized carbons (Fsp3) is 0.154. The number of hydrogen-bond donors (Lipinski definition) is 0. The van der Waals surface area contributed by atoms with Crippen LogP contribution in [0.15, 0.2) is 35.5 Å². The Balaban J connectivity index is 2.54. The molecule has 6 nitrogen and oxygen atoms in total. The number of benzene rings is 1. The van der Waals surface area contributed by atoms with Gasteiger partial charge in [0.05, 0.1) is 14.2 Å². The summed E-state index contributed by atoms with van der Waals surface area (Å²) >= 11 is 0. The molecule has 1 aromatic rings. The van der Waals surface area contributed by atoms with Crippen LogP contribution in [0.25, 0.3) is 5.57 Å². The minimum Gasteiger partial charge on any atom is -0.466 e. The molecule has 1 aliphatic heterocycles. The second kappa shape index (κ2) is 5.34. The van der Waals surface area contributed by atoms with Crippen molar-refractivity contribution in [3.8, 4) is 5.75 Å². The molecular weight excluding hydrogens is 250 g/mol. The molecule has 0 aliphatic carbocycles. The Morgan fingerprint density at radius 3 is 2.63 bits per heavy atom. The van der Waals surface area contributed by atoms with Gasteiger partial charge in [-0.05, 0) is 6.07 Å². The largest absolute Gasteiger partial charge is 0.466 e. The van der Waals surface area contributed by atoms with Gasteiger partial charge in [-0.15, -0.1) is 0 Å². The van der Waals surface area contributed by atoms with Gasteiger partial charge >= 0.3 is 11.9 Å². The van der Waals surface area contributed by atoms with Gasteiger partial charge < -0.3 is 14.3 Å². The summed E-state index contributed by atoms with van der Waals surface area (Å²) in [4.78, 5) is 28.1. The number of carbonyl (C=O) groups excluding carboxylic acids is 2. The van der Waals surface area contributed by atoms with Crippen molar-refractivity contribution in [2.24, 2.45) is 5.16 Å². The predicted octanol–water partition coefficient (Wildman–Crippen LogP) is 1.16. The van der Waals surface area contributed by atoms with Crippen LogP contribution in [0, 0.1) is 0 Å². The van der Waals surface area contributed by atoms with Gasteiger partial charge in [-0.1, -0.05) is 23.4 Å². The van der Waals surface area contributed by atoms with E-state index in [1.165, 1.54) is 20.3 Å². The number of rotatable bonds is 2. The molecule has 0 saturated carbocycles. The lowest BCUT2D eigenvalue weighted by Gasteiger charge is -2.16. The summed E-state index contributed by atoms with van der Waals surface area (Å²) in [5, 5.41) is 3.68. The fourth-order valence-corrected chi connectivity index (χ4v) is 1.61. The zero-order valence-corrected chi connectivity index (χ0v) is 10.4. The van der Waals surface area contributed by atoms with Gasteiger partial charge in [0.25, 0.3) is 0 Å². The molecule has 1 heterocycles. The Bertz CT molecular complexity index is 588. The van der Waals surface area contributed by atoms with Gasteiger partial charge in [0.15, 0.2) is 11.5 Å². The molecule has 2 rings (SSSR count). The first kappa shape index (κ1) is 12.8. The van der Waals surface area contributed by atoms with Crippen LogP contribution in [0.4, 0.5) is 0 Å². The average molecular weight is 261 g/mol. The molecule has 0 amide bonds. The van der Waals surface area contributed by atoms with Gasteiger partial charge in [0.2, 0.25) is 0 Å². The van der Waals surface area contributed by atoms with E-state index in [1.54, 1.807) is 24.3 Å². The molecule has 6 heteroatoms. The van der Waals surface area contributed by atoms with Crippen molar-refractivity contribution in [2.75, 3.05) is 14.2 Å². The number of ether oxygens (including phenoxy) is 2. The molecular formula is C13H11NO5. The maximum atomic E-state index is 11.6. The number of carbonyl (C=O) groups is 2. The van der Waals surface area contributed by atoms with Gasteiger partial charge in [0, 0.05) is 17.2 Å². The van der Waals surface area contributed by atoms with Crippen LogP contribution in [0.3, 0.4) is 0 Å². The highest BCUT2D eigenvalue weighted by Crippen LogP contribution is 2.31. The van der Waals surface area contributed by atoms with Crippen molar-refractivity contribution in [1.29, 1.82) is 0 Å². The van der Waals surface area contributed by atoms with E-state index in [0.717, 1.165) is 0 Å². The van der Waals surface area contributed by atoms with Crippen LogP contribution in [0.5, 0.6) is 5.75 Å². The van der Waals surface area contributed by atoms with Crippen LogP contribution >= 0.6 is 0 Å². The summed E-state index contributed by atoms with van der Waals surface area (Å²) in [6, 6.07) is 6.90. The highest BCUT2D eigenvalue weighted by Gasteiger charge is 2.27. The quantitative estimate of drug-likeness (QED) is 0.590. The van der Waals surface area contributed by atoms with E-state index in [9.17, 15) is 9.59 Å². The third-order valence-electron chi connectivity index (χ3n) is 2.51. The van der Waals surface area contributed by atoms with Crippen molar-refractivity contribution >= 4 is 23.2 Å². The van der Waals surface area contributed by atoms with Crippen molar-refractivity contribution in [3.05, 3.63) is 35.9 Å². The first-order chi connectivity index (χ1) is 9.17. The Morgan fingerprint density at radius 1 is 1.21 bits per heavy atom. The van der Waals surface area contributed by atoms with Gasteiger partial charge in [0.1, 0.15) is 0 Å². The van der Waals surface area contributed by atoms with E-state index in [0.29, 0.717) is 16.9 Å². The highest BCUT2D eigenvalue weighted by molar-refractivity contribution is 6.55. The van der Waals surface area contributed by atoms with Gasteiger partial charge in [-0.2, -0.15) is 0 Å². The number of methoxy groups -OCH3 is 2. The molecule has 98 valence electrons. The molecule has 0 bridgehead atoms. The van der Waals surface area contributed by atoms with E-state index in [4.69, 9.17) is 4.84 Å². The highest BCUT2D eigenvalue weighted by atomic mass is 16.6. The Hall–Kier alpha value is -2.63. The lowest BCUT2D eigenvalue weighted by atomic mass is 9.99. The number of para-hydroxylation sites is 1. The summed E-state index contributed by atoms with van der Waals surface area (Å²) in [5.41, 5.74) is 0.801. The lowest BCUT2D eigenvalue weighted by molar-refractivity contribution is -0.134. The number of nitrogens with zero attached hydrogens (tertiary/aromatic N) is 1. The minimum atomic E-state index is -0.690. The molecule has 19 heavy (non-hydrogen) atoms. The summed E-state index contributed by atoms with van der Waals surface area (Å²) in [6.07, 6.45) is 1.18. The van der Waals surface area contributed by atoms with Crippen LogP contribution in [0.1, 0.15) is 5.56 Å². The summed E-state index contributed by atoms with van der Waals surface area (Å²) in [6.45, 7) is 0. The molecule has 1 aliphatic rings. The van der Waals surface area contributed by atoms with E-state index in [2.05, 4.69) is 14.6 Å². The van der Waals surface area contributed by atoms with E-state index < -0.39 is 11.9 Å². The molecule has 0 N–H and O–H groups in total. The third-order valence-corrected chi connectivity index (χ3v) is 2.51. The first-order valence-corrected chi connectivity index (χ1v) is 5.40. The minimum absolute atomic E-state index is 0.0772. The molecule has 0 unspecified atom stereocenters. The van der Waals surface area contributed by atoms with E-state index >= 15 is 0 Å². The Kier molecular flexibility index (Phi) is 3.61. The zero-order chi connectivity index (χ0) is 13.8. The Labute approximate surface area is 109 Å². The normalized spacial score (nSPS) is 15.1. The fourth-order valence-electron chi connectivity index (χ4n) is 1.61. The van der Waals surface area contributed by atoms with Gasteiger partial charge in [-0.25, -0.2) is 9.59 Å². The van der Waals surface area contributed by atoms with Crippen molar-refractivity contribution in [2.45, 2.75) is 0 Å². The number of oxime groups is 1. The molecule has 0 radical (unpaired) electrons. The molecule has 0 aromatic heterocycles. The number of hydrogen-bond acceptors (Lipinski definition) is 6. The molecule has 0 atom stereocenters. The van der Waals surface area contributed by atoms with Crippen molar-refractivity contribution in [1.82, 2.24) is 0 Å². The molecule has 1 aromatic carbocycles. The maximum absolute atomic E-state index is 11.6. The number of esters is 2. The lowest BCUT2D eigenvalue weighted by Crippen LogP contribution is -2.22. The van der Waals surface area contributed by atoms with Crippen LogP contribution in [0.2, 0.25) is 0 Å². The Morgan fingerprint density at radius 2 is 1.95 bits per heavy atom. The van der Waals surface area contributed by atoms with Crippen LogP contribution < -0.4 is 4.84 Å². The maximum Gasteiger partial charge on any atom is 0.360 e. The van der Waals surface area contributed by atoms with E-state index in [-0.39, 0.29) is 5.71 Å². The smallest absolute Gasteiger partial charge is 0.360 e. The monoisotopic (exact) mass is 261 g/mol. The van der Waals surface area contributed by atoms with Crippen LogP contribution in [-0.4, -0.2) is 31.9 Å². The van der Waals surface area contributed by atoms with Crippen molar-refractivity contribution < 1.29 is 23.9 Å². The average Bonchev–Trinajstić information content (AvgIpc) is 2.46. The third kappa shape index (κ3) is 2.47. The summed E-state index contributed by atoms with van der Waals surface area (Å²) in [7, 11) is 2.47. The second-order valence-corrected chi connectivity index (χ2v) is 3.60. The second-order valence-electron chi connectivity index (χ2n) is 3.60. The van der Waals surface area contributed by atoms with Crippen molar-refractivity contribution in [3.63, 3.8) is 0 Å². The zero-order valence-electron chi connectivity index (χ0n) is 10.4. The SMILES string of the molecule is COC(=O)/C=C1/C(C(=O)OC)=NOc2ccccc21. The summed E-state index contributed by atoms with van der Waals surface area (Å²) in [5.74, 6) is -0.835. The topological polar surface area (TPSA) is 74.2 Å². The van der Waals surface area contributed by atoms with Crippen LogP contribution in [-0.2, 0) is 19.1 Å². The standard InChI is InChI=1S/C13H11NO5/c1-17-11(15)7-9-8-5-3-4-6-10(8)19-14-12(9)13(16)18-2/h3-7H,1-2H3/b9-7+. The molecule has 0 saturated heterocycles.